The molecule has 3 rings (SSSR count). The number of hydrogen-bond donors (Lipinski definition) is 2. The highest BCUT2D eigenvalue weighted by Gasteiger charge is 1.99. The average molecular weight is 336 g/mol. The summed E-state index contributed by atoms with van der Waals surface area (Å²) in [6, 6.07) is 15.8. The smallest absolute Gasteiger partial charge is 0.222 e. The zero-order chi connectivity index (χ0) is 17.3. The van der Waals surface area contributed by atoms with Crippen LogP contribution in [0.5, 0.6) is 5.75 Å². The minimum absolute atomic E-state index is 0.629. The average Bonchev–Trinajstić information content (AvgIpc) is 3.05. The summed E-state index contributed by atoms with van der Waals surface area (Å²) in [6.07, 6.45) is 6.62. The molecule has 3 aromatic rings. The summed E-state index contributed by atoms with van der Waals surface area (Å²) in [7, 11) is 0. The van der Waals surface area contributed by atoms with Gasteiger partial charge >= 0.3 is 0 Å². The molecule has 0 saturated carbocycles. The van der Waals surface area contributed by atoms with Gasteiger partial charge < -0.3 is 9.72 Å². The monoisotopic (exact) mass is 336 g/mol. The van der Waals surface area contributed by atoms with Crippen LogP contribution in [0.3, 0.4) is 0 Å². The van der Waals surface area contributed by atoms with Gasteiger partial charge in [-0.3, -0.25) is 0 Å². The van der Waals surface area contributed by atoms with Gasteiger partial charge in [-0.1, -0.05) is 38.3 Å². The first-order valence-electron chi connectivity index (χ1n) is 8.82. The van der Waals surface area contributed by atoms with E-state index in [0.29, 0.717) is 5.95 Å². The molecule has 0 unspecified atom stereocenters. The molecule has 2 aromatic carbocycles. The van der Waals surface area contributed by atoms with Crippen LogP contribution in [0.25, 0.3) is 11.0 Å². The van der Waals surface area contributed by atoms with Crippen LogP contribution in [0.4, 0.5) is 5.95 Å². The number of rotatable bonds is 9. The third kappa shape index (κ3) is 5.08. The molecule has 0 amide bonds. The lowest BCUT2D eigenvalue weighted by atomic mass is 10.2. The van der Waals surface area contributed by atoms with Gasteiger partial charge in [-0.05, 0) is 48.4 Å². The van der Waals surface area contributed by atoms with Gasteiger partial charge in [-0.15, -0.1) is 0 Å². The van der Waals surface area contributed by atoms with Crippen LogP contribution in [-0.2, 0) is 0 Å². The molecule has 1 heterocycles. The van der Waals surface area contributed by atoms with Crippen LogP contribution in [0.15, 0.2) is 53.6 Å². The first-order chi connectivity index (χ1) is 12.3. The van der Waals surface area contributed by atoms with Crippen molar-refractivity contribution < 1.29 is 4.74 Å². The maximum absolute atomic E-state index is 5.74. The van der Waals surface area contributed by atoms with Crippen LogP contribution in [0, 0.1) is 0 Å². The SMILES string of the molecule is CCCCCCOc1ccc(C=NNc2nc3ccccc3[nH]2)cc1. The zero-order valence-corrected chi connectivity index (χ0v) is 14.5. The number of unbranched alkanes of at least 4 members (excludes halogenated alkanes) is 3. The normalized spacial score (nSPS) is 11.2. The summed E-state index contributed by atoms with van der Waals surface area (Å²) in [5, 5.41) is 4.22. The van der Waals surface area contributed by atoms with Crippen molar-refractivity contribution in [2.24, 2.45) is 5.10 Å². The highest BCUT2D eigenvalue weighted by Crippen LogP contribution is 2.14. The number of benzene rings is 2. The maximum Gasteiger partial charge on any atom is 0.222 e. The number of hydrazone groups is 1. The van der Waals surface area contributed by atoms with E-state index in [4.69, 9.17) is 4.74 Å². The van der Waals surface area contributed by atoms with Crippen LogP contribution >= 0.6 is 0 Å². The fourth-order valence-corrected chi connectivity index (χ4v) is 2.54. The van der Waals surface area contributed by atoms with E-state index in [1.54, 1.807) is 6.21 Å². The van der Waals surface area contributed by atoms with Crippen LogP contribution in [0.1, 0.15) is 38.2 Å². The third-order valence-electron chi connectivity index (χ3n) is 3.92. The second-order valence-electron chi connectivity index (χ2n) is 5.95. The lowest BCUT2D eigenvalue weighted by Crippen LogP contribution is -1.97. The van der Waals surface area contributed by atoms with Crippen molar-refractivity contribution in [2.45, 2.75) is 32.6 Å². The van der Waals surface area contributed by atoms with Crippen molar-refractivity contribution in [3.63, 3.8) is 0 Å². The molecule has 0 aliphatic rings. The van der Waals surface area contributed by atoms with Crippen molar-refractivity contribution in [1.82, 2.24) is 9.97 Å². The summed E-state index contributed by atoms with van der Waals surface area (Å²) in [5.41, 5.74) is 5.83. The molecule has 0 bridgehead atoms. The number of para-hydroxylation sites is 2. The summed E-state index contributed by atoms with van der Waals surface area (Å²) >= 11 is 0. The molecule has 2 N–H and O–H groups in total. The molecule has 0 aliphatic carbocycles. The first-order valence-corrected chi connectivity index (χ1v) is 8.82. The zero-order valence-electron chi connectivity index (χ0n) is 14.5. The van der Waals surface area contributed by atoms with Crippen molar-refractivity contribution >= 4 is 23.2 Å². The van der Waals surface area contributed by atoms with Crippen LogP contribution in [-0.4, -0.2) is 22.8 Å². The number of anilines is 1. The molecule has 5 heteroatoms. The number of imidazole rings is 1. The maximum atomic E-state index is 5.74. The lowest BCUT2D eigenvalue weighted by molar-refractivity contribution is 0.305. The molecule has 0 spiro atoms. The van der Waals surface area contributed by atoms with Crippen molar-refractivity contribution in [3.05, 3.63) is 54.1 Å². The highest BCUT2D eigenvalue weighted by molar-refractivity contribution is 5.81. The van der Waals surface area contributed by atoms with Gasteiger partial charge in [0.2, 0.25) is 5.95 Å². The van der Waals surface area contributed by atoms with E-state index in [2.05, 4.69) is 27.4 Å². The molecule has 0 radical (unpaired) electrons. The Labute approximate surface area is 148 Å². The van der Waals surface area contributed by atoms with Crippen molar-refractivity contribution in [2.75, 3.05) is 12.0 Å². The van der Waals surface area contributed by atoms with Gasteiger partial charge in [-0.25, -0.2) is 10.4 Å². The number of aromatic amines is 1. The van der Waals surface area contributed by atoms with Gasteiger partial charge in [0.1, 0.15) is 5.75 Å². The van der Waals surface area contributed by atoms with Gasteiger partial charge in [0.05, 0.1) is 23.9 Å². The largest absolute Gasteiger partial charge is 0.494 e. The third-order valence-corrected chi connectivity index (χ3v) is 3.92. The Morgan fingerprint density at radius 1 is 1.08 bits per heavy atom. The van der Waals surface area contributed by atoms with Gasteiger partial charge in [0.15, 0.2) is 0 Å². The van der Waals surface area contributed by atoms with Crippen molar-refractivity contribution in [3.8, 4) is 5.75 Å². The van der Waals surface area contributed by atoms with Crippen LogP contribution < -0.4 is 10.2 Å². The highest BCUT2D eigenvalue weighted by atomic mass is 16.5. The molecule has 5 nitrogen and oxygen atoms in total. The molecule has 0 atom stereocenters. The Morgan fingerprint density at radius 3 is 2.72 bits per heavy atom. The Balaban J connectivity index is 1.48. The number of aromatic nitrogens is 2. The number of fused-ring (bicyclic) bond motifs is 1. The van der Waals surface area contributed by atoms with E-state index in [9.17, 15) is 0 Å². The predicted octanol–water partition coefficient (Wildman–Crippen LogP) is 4.97. The molecular weight excluding hydrogens is 312 g/mol. The van der Waals surface area contributed by atoms with Gasteiger partial charge in [0.25, 0.3) is 0 Å². The fraction of sp³-hybridized carbons (Fsp3) is 0.300. The Morgan fingerprint density at radius 2 is 1.92 bits per heavy atom. The molecule has 130 valence electrons. The molecule has 0 saturated heterocycles. The Kier molecular flexibility index (Phi) is 6.04. The molecule has 0 fully saturated rings. The van der Waals surface area contributed by atoms with E-state index in [1.807, 2.05) is 48.5 Å². The molecular formula is C20H24N4O. The Hall–Kier alpha value is -2.82. The Bertz CT molecular complexity index is 775. The summed E-state index contributed by atoms with van der Waals surface area (Å²) in [6.45, 7) is 2.99. The second kappa shape index (κ2) is 8.87. The summed E-state index contributed by atoms with van der Waals surface area (Å²) < 4.78 is 5.74. The minimum Gasteiger partial charge on any atom is -0.494 e. The van der Waals surface area contributed by atoms with E-state index >= 15 is 0 Å². The fourth-order valence-electron chi connectivity index (χ4n) is 2.54. The van der Waals surface area contributed by atoms with E-state index in [1.165, 1.54) is 19.3 Å². The molecule has 1 aromatic heterocycles. The number of H-pyrrole nitrogens is 1. The van der Waals surface area contributed by atoms with Crippen LogP contribution in [0.2, 0.25) is 0 Å². The van der Waals surface area contributed by atoms with Gasteiger partial charge in [0, 0.05) is 0 Å². The second-order valence-corrected chi connectivity index (χ2v) is 5.95. The summed E-state index contributed by atoms with van der Waals surface area (Å²) in [4.78, 5) is 7.59. The van der Waals surface area contributed by atoms with E-state index in [-0.39, 0.29) is 0 Å². The van der Waals surface area contributed by atoms with E-state index < -0.39 is 0 Å². The molecule has 0 aliphatic heterocycles. The van der Waals surface area contributed by atoms with Crippen molar-refractivity contribution in [1.29, 1.82) is 0 Å². The standard InChI is InChI=1S/C20H24N4O/c1-2-3-4-7-14-25-17-12-10-16(11-13-17)15-21-24-20-22-18-8-5-6-9-19(18)23-20/h5-6,8-13,15H,2-4,7,14H2,1H3,(H2,22,23,24). The van der Waals surface area contributed by atoms with E-state index in [0.717, 1.165) is 35.4 Å². The molecule has 25 heavy (non-hydrogen) atoms. The first kappa shape index (κ1) is 17.0. The topological polar surface area (TPSA) is 62.3 Å². The number of nitrogens with zero attached hydrogens (tertiary/aromatic N) is 2. The number of ether oxygens (including phenoxy) is 1. The number of nitrogens with one attached hydrogen (secondary N) is 2. The minimum atomic E-state index is 0.629. The van der Waals surface area contributed by atoms with Gasteiger partial charge in [-0.2, -0.15) is 5.10 Å². The predicted molar refractivity (Wildman–Crippen MR) is 103 cm³/mol. The lowest BCUT2D eigenvalue weighted by Gasteiger charge is -2.05. The summed E-state index contributed by atoms with van der Waals surface area (Å²) in [5.74, 6) is 1.53. The quantitative estimate of drug-likeness (QED) is 0.329. The number of hydrogen-bond acceptors (Lipinski definition) is 4.